The monoisotopic (exact) mass is 522 g/mol. The Bertz CT molecular complexity index is 1850. The molecule has 0 unspecified atom stereocenters. The summed E-state index contributed by atoms with van der Waals surface area (Å²) in [4.78, 5) is 19.2. The van der Waals surface area contributed by atoms with E-state index in [2.05, 4.69) is 4.57 Å². The summed E-state index contributed by atoms with van der Waals surface area (Å²) in [5.41, 5.74) is 4.51. The van der Waals surface area contributed by atoms with Crippen LogP contribution in [0.25, 0.3) is 28.1 Å². The van der Waals surface area contributed by atoms with E-state index in [1.807, 2.05) is 109 Å². The van der Waals surface area contributed by atoms with Gasteiger partial charge >= 0.3 is 0 Å². The lowest BCUT2D eigenvalue weighted by atomic mass is 10.2. The molecule has 0 aliphatic rings. The van der Waals surface area contributed by atoms with E-state index in [0.29, 0.717) is 17.0 Å². The van der Waals surface area contributed by atoms with Gasteiger partial charge < -0.3 is 13.7 Å². The Hall–Kier alpha value is -4.56. The van der Waals surface area contributed by atoms with Gasteiger partial charge in [0, 0.05) is 23.4 Å². The number of hydrogen-bond donors (Lipinski definition) is 0. The van der Waals surface area contributed by atoms with Crippen molar-refractivity contribution in [2.45, 2.75) is 13.5 Å². The van der Waals surface area contributed by atoms with E-state index < -0.39 is 0 Å². The number of thiazole rings is 1. The van der Waals surface area contributed by atoms with Crippen molar-refractivity contribution in [3.05, 3.63) is 117 Å². The molecule has 3 heterocycles. The van der Waals surface area contributed by atoms with Crippen LogP contribution in [0.1, 0.15) is 11.3 Å². The minimum absolute atomic E-state index is 0.168. The van der Waals surface area contributed by atoms with Crippen molar-refractivity contribution in [2.24, 2.45) is 12.0 Å². The number of fused-ring (bicyclic) bond motifs is 1. The number of ether oxygens (including phenoxy) is 1. The Morgan fingerprint density at radius 2 is 1.71 bits per heavy atom. The molecule has 6 rings (SSSR count). The van der Waals surface area contributed by atoms with E-state index in [0.717, 1.165) is 45.1 Å². The number of aromatic nitrogens is 3. The third kappa shape index (κ3) is 4.09. The second kappa shape index (κ2) is 9.72. The third-order valence-corrected chi connectivity index (χ3v) is 7.59. The molecule has 0 amide bonds. The Kier molecular flexibility index (Phi) is 6.09. The lowest BCUT2D eigenvalue weighted by Crippen LogP contribution is -2.20. The van der Waals surface area contributed by atoms with Crippen molar-refractivity contribution in [1.82, 2.24) is 13.9 Å². The van der Waals surface area contributed by atoms with Crippen molar-refractivity contribution < 1.29 is 9.15 Å². The molecule has 38 heavy (non-hydrogen) atoms. The van der Waals surface area contributed by atoms with Gasteiger partial charge in [-0.2, -0.15) is 0 Å². The maximum atomic E-state index is 13.6. The van der Waals surface area contributed by atoms with Gasteiger partial charge in [0.1, 0.15) is 11.3 Å². The summed E-state index contributed by atoms with van der Waals surface area (Å²) in [6, 6.07) is 27.5. The first-order valence-corrected chi connectivity index (χ1v) is 13.1. The van der Waals surface area contributed by atoms with E-state index in [9.17, 15) is 4.79 Å². The molecule has 0 aliphatic heterocycles. The fourth-order valence-corrected chi connectivity index (χ4v) is 5.55. The van der Waals surface area contributed by atoms with Gasteiger partial charge in [-0.3, -0.25) is 9.48 Å². The van der Waals surface area contributed by atoms with E-state index >= 15 is 0 Å². The molecule has 0 saturated carbocycles. The first-order valence-electron chi connectivity index (χ1n) is 12.2. The highest BCUT2D eigenvalue weighted by molar-refractivity contribution is 7.07. The first-order chi connectivity index (χ1) is 18.5. The van der Waals surface area contributed by atoms with Crippen LogP contribution in [0.4, 0.5) is 5.69 Å². The Morgan fingerprint density at radius 3 is 2.50 bits per heavy atom. The second-order valence-electron chi connectivity index (χ2n) is 8.97. The van der Waals surface area contributed by atoms with Crippen LogP contribution in [0.15, 0.2) is 105 Å². The van der Waals surface area contributed by atoms with Crippen LogP contribution in [0, 0.1) is 6.92 Å². The smallest absolute Gasteiger partial charge is 0.297 e. The molecule has 7 nitrogen and oxygen atoms in total. The van der Waals surface area contributed by atoms with E-state index in [1.54, 1.807) is 11.8 Å². The number of nitrogens with zero attached hydrogens (tertiary/aromatic N) is 4. The van der Waals surface area contributed by atoms with E-state index in [4.69, 9.17) is 14.1 Å². The fraction of sp³-hybridized carbons (Fsp3) is 0.133. The highest BCUT2D eigenvalue weighted by atomic mass is 32.1. The highest BCUT2D eigenvalue weighted by Gasteiger charge is 2.18. The van der Waals surface area contributed by atoms with Gasteiger partial charge in [-0.15, -0.1) is 11.3 Å². The SMILES string of the molecule is COc1ccccc1Cn1c(-c2cc3ccccc3o2)csc1=Nc1c(C)n(C)n(-c2ccccc2)c1=O. The quantitative estimate of drug-likeness (QED) is 0.267. The zero-order valence-corrected chi connectivity index (χ0v) is 22.1. The van der Waals surface area contributed by atoms with Crippen molar-refractivity contribution in [3.63, 3.8) is 0 Å². The molecule has 0 atom stereocenters. The molecule has 0 aliphatic carbocycles. The number of methoxy groups -OCH3 is 1. The predicted octanol–water partition coefficient (Wildman–Crippen LogP) is 6.05. The molecule has 0 bridgehead atoms. The maximum Gasteiger partial charge on any atom is 0.297 e. The standard InChI is InChI=1S/C30H26N4O3S/c1-20-28(29(35)34(32(20)2)23-13-5-4-6-14-23)31-30-33(18-22-12-8-9-15-25(22)36-3)24(19-38-30)27-17-21-11-7-10-16-26(21)37-27/h4-17,19H,18H2,1-3H3. The van der Waals surface area contributed by atoms with Gasteiger partial charge in [-0.05, 0) is 37.3 Å². The van der Waals surface area contributed by atoms with Gasteiger partial charge in [-0.25, -0.2) is 9.67 Å². The first kappa shape index (κ1) is 23.8. The molecule has 6 aromatic rings. The molecule has 0 spiro atoms. The summed E-state index contributed by atoms with van der Waals surface area (Å²) in [5.74, 6) is 1.53. The molecular weight excluding hydrogens is 496 g/mol. The van der Waals surface area contributed by atoms with Crippen LogP contribution in [0.3, 0.4) is 0 Å². The number of hydrogen-bond acceptors (Lipinski definition) is 5. The normalized spacial score (nSPS) is 11.9. The Morgan fingerprint density at radius 1 is 0.974 bits per heavy atom. The molecule has 190 valence electrons. The summed E-state index contributed by atoms with van der Waals surface area (Å²) < 4.78 is 17.4. The summed E-state index contributed by atoms with van der Waals surface area (Å²) in [5, 5.41) is 3.06. The summed E-state index contributed by atoms with van der Waals surface area (Å²) in [7, 11) is 3.54. The van der Waals surface area contributed by atoms with Crippen LogP contribution in [-0.2, 0) is 13.6 Å². The van der Waals surface area contributed by atoms with Crippen LogP contribution >= 0.6 is 11.3 Å². The van der Waals surface area contributed by atoms with Crippen molar-refractivity contribution in [1.29, 1.82) is 0 Å². The lowest BCUT2D eigenvalue weighted by molar-refractivity contribution is 0.408. The third-order valence-electron chi connectivity index (χ3n) is 6.73. The van der Waals surface area contributed by atoms with Crippen molar-refractivity contribution in [2.75, 3.05) is 7.11 Å². The average Bonchev–Trinajstić information content (AvgIpc) is 3.61. The molecule has 0 saturated heterocycles. The van der Waals surface area contributed by atoms with Gasteiger partial charge in [0.15, 0.2) is 16.2 Å². The number of para-hydroxylation sites is 3. The summed E-state index contributed by atoms with van der Waals surface area (Å²) in [6.07, 6.45) is 0. The largest absolute Gasteiger partial charge is 0.496 e. The molecule has 0 N–H and O–H groups in total. The zero-order chi connectivity index (χ0) is 26.2. The minimum Gasteiger partial charge on any atom is -0.496 e. The van der Waals surface area contributed by atoms with Gasteiger partial charge in [0.2, 0.25) is 0 Å². The Balaban J connectivity index is 1.56. The highest BCUT2D eigenvalue weighted by Crippen LogP contribution is 2.30. The van der Waals surface area contributed by atoms with Crippen molar-refractivity contribution >= 4 is 28.0 Å². The van der Waals surface area contributed by atoms with Gasteiger partial charge in [0.05, 0.1) is 30.7 Å². The molecule has 0 fully saturated rings. The fourth-order valence-electron chi connectivity index (χ4n) is 4.66. The Labute approximate surface area is 223 Å². The summed E-state index contributed by atoms with van der Waals surface area (Å²) in [6.45, 7) is 2.41. The topological polar surface area (TPSA) is 66.6 Å². The predicted molar refractivity (Wildman–Crippen MR) is 151 cm³/mol. The maximum absolute atomic E-state index is 13.6. The van der Waals surface area contributed by atoms with Crippen LogP contribution < -0.4 is 15.1 Å². The lowest BCUT2D eigenvalue weighted by Gasteiger charge is -2.11. The minimum atomic E-state index is -0.168. The number of furan rings is 1. The summed E-state index contributed by atoms with van der Waals surface area (Å²) >= 11 is 1.47. The van der Waals surface area contributed by atoms with Crippen LogP contribution in [-0.4, -0.2) is 21.0 Å². The average molecular weight is 523 g/mol. The molecule has 3 aromatic heterocycles. The number of rotatable bonds is 6. The second-order valence-corrected chi connectivity index (χ2v) is 9.81. The molecule has 0 radical (unpaired) electrons. The molecular formula is C30H26N4O3S. The van der Waals surface area contributed by atoms with E-state index in [-0.39, 0.29) is 5.56 Å². The van der Waals surface area contributed by atoms with Crippen LogP contribution in [0.5, 0.6) is 5.75 Å². The van der Waals surface area contributed by atoms with Crippen LogP contribution in [0.2, 0.25) is 0 Å². The van der Waals surface area contributed by atoms with E-state index in [1.165, 1.54) is 11.3 Å². The van der Waals surface area contributed by atoms with Gasteiger partial charge in [0.25, 0.3) is 5.56 Å². The molecule has 8 heteroatoms. The number of benzene rings is 3. The molecule has 3 aromatic carbocycles. The zero-order valence-electron chi connectivity index (χ0n) is 21.3. The van der Waals surface area contributed by atoms with Crippen molar-refractivity contribution in [3.8, 4) is 22.9 Å². The van der Waals surface area contributed by atoms with Gasteiger partial charge in [-0.1, -0.05) is 54.6 Å².